The van der Waals surface area contributed by atoms with Gasteiger partial charge in [0, 0.05) is 24.2 Å². The van der Waals surface area contributed by atoms with E-state index in [9.17, 15) is 14.4 Å². The lowest BCUT2D eigenvalue weighted by Gasteiger charge is -2.32. The molecule has 6 heteroatoms. The number of esters is 2. The number of ether oxygens (including phenoxy) is 2. The molecule has 3 rings (SSSR count). The number of ketones is 1. The summed E-state index contributed by atoms with van der Waals surface area (Å²) in [4.78, 5) is 39.2. The molecule has 0 N–H and O–H groups in total. The van der Waals surface area contributed by atoms with E-state index in [1.165, 1.54) is 14.2 Å². The van der Waals surface area contributed by atoms with Crippen molar-refractivity contribution in [2.75, 3.05) is 27.3 Å². The monoisotopic (exact) mass is 417 g/mol. The molecule has 0 saturated carbocycles. The van der Waals surface area contributed by atoms with Gasteiger partial charge < -0.3 is 14.4 Å². The molecule has 0 radical (unpaired) electrons. The Morgan fingerprint density at radius 2 is 1.29 bits per heavy atom. The molecule has 2 aromatic carbocycles. The van der Waals surface area contributed by atoms with Gasteiger partial charge in [-0.25, -0.2) is 9.59 Å². The van der Waals surface area contributed by atoms with Crippen molar-refractivity contribution in [3.63, 3.8) is 0 Å². The third kappa shape index (κ3) is 5.57. The average molecular weight is 417 g/mol. The standard InChI is InChI=1S/C25H23NO5/c1-30-23(27)15-22(25(29)31-2)26-16-20(13-18-9-5-3-6-10-18)24(28)21(17-26)14-19-11-7-4-8-12-19/h3-15H,16-17H2,1-2H3/b20-13+,21-14+,22-15-. The highest BCUT2D eigenvalue weighted by Crippen LogP contribution is 2.25. The van der Waals surface area contributed by atoms with Gasteiger partial charge in [0.1, 0.15) is 5.70 Å². The maximum atomic E-state index is 13.2. The Balaban J connectivity index is 2.07. The van der Waals surface area contributed by atoms with Crippen LogP contribution in [0.5, 0.6) is 0 Å². The molecular weight excluding hydrogens is 394 g/mol. The predicted octanol–water partition coefficient (Wildman–Crippen LogP) is 3.27. The lowest BCUT2D eigenvalue weighted by Crippen LogP contribution is -2.39. The van der Waals surface area contributed by atoms with Crippen LogP contribution in [0.1, 0.15) is 11.1 Å². The Morgan fingerprint density at radius 3 is 1.71 bits per heavy atom. The van der Waals surface area contributed by atoms with Crippen LogP contribution in [-0.2, 0) is 23.9 Å². The van der Waals surface area contributed by atoms with Crippen LogP contribution >= 0.6 is 0 Å². The summed E-state index contributed by atoms with van der Waals surface area (Å²) < 4.78 is 9.55. The molecule has 0 spiro atoms. The molecule has 2 aromatic rings. The van der Waals surface area contributed by atoms with Gasteiger partial charge in [-0.3, -0.25) is 4.79 Å². The molecule has 0 bridgehead atoms. The van der Waals surface area contributed by atoms with E-state index in [4.69, 9.17) is 4.74 Å². The number of carbonyl (C=O) groups is 3. The minimum absolute atomic E-state index is 0.0276. The summed E-state index contributed by atoms with van der Waals surface area (Å²) >= 11 is 0. The molecule has 0 aromatic heterocycles. The third-order valence-electron chi connectivity index (χ3n) is 4.78. The molecule has 1 saturated heterocycles. The van der Waals surface area contributed by atoms with Crippen LogP contribution in [0, 0.1) is 0 Å². The topological polar surface area (TPSA) is 72.9 Å². The van der Waals surface area contributed by atoms with E-state index < -0.39 is 11.9 Å². The van der Waals surface area contributed by atoms with E-state index in [2.05, 4.69) is 4.74 Å². The Labute approximate surface area is 181 Å². The Kier molecular flexibility index (Phi) is 7.17. The summed E-state index contributed by atoms with van der Waals surface area (Å²) in [5, 5.41) is 0. The molecule has 31 heavy (non-hydrogen) atoms. The van der Waals surface area contributed by atoms with E-state index in [-0.39, 0.29) is 24.6 Å². The second-order valence-corrected chi connectivity index (χ2v) is 6.89. The zero-order valence-corrected chi connectivity index (χ0v) is 17.4. The summed E-state index contributed by atoms with van der Waals surface area (Å²) in [6, 6.07) is 18.9. The van der Waals surface area contributed by atoms with Gasteiger partial charge in [0.05, 0.1) is 20.3 Å². The summed E-state index contributed by atoms with van der Waals surface area (Å²) in [7, 11) is 2.47. The Morgan fingerprint density at radius 1 is 0.806 bits per heavy atom. The number of rotatable bonds is 5. The fourth-order valence-electron chi connectivity index (χ4n) is 3.27. The molecule has 0 amide bonds. The van der Waals surface area contributed by atoms with Gasteiger partial charge in [-0.15, -0.1) is 0 Å². The zero-order valence-electron chi connectivity index (χ0n) is 17.4. The first-order valence-electron chi connectivity index (χ1n) is 9.70. The lowest BCUT2D eigenvalue weighted by atomic mass is 9.93. The highest BCUT2D eigenvalue weighted by Gasteiger charge is 2.30. The van der Waals surface area contributed by atoms with Crippen molar-refractivity contribution < 1.29 is 23.9 Å². The van der Waals surface area contributed by atoms with Crippen molar-refractivity contribution >= 4 is 29.9 Å². The summed E-state index contributed by atoms with van der Waals surface area (Å²) in [5.74, 6) is -1.47. The Bertz CT molecular complexity index is 990. The molecule has 1 heterocycles. The summed E-state index contributed by atoms with van der Waals surface area (Å²) in [6.45, 7) is 0.301. The number of hydrogen-bond donors (Lipinski definition) is 0. The first-order valence-corrected chi connectivity index (χ1v) is 9.70. The number of piperidine rings is 1. The molecule has 0 atom stereocenters. The van der Waals surface area contributed by atoms with Crippen LogP contribution < -0.4 is 0 Å². The van der Waals surface area contributed by atoms with Crippen molar-refractivity contribution in [1.29, 1.82) is 0 Å². The van der Waals surface area contributed by atoms with E-state index in [0.29, 0.717) is 11.1 Å². The molecule has 1 fully saturated rings. The van der Waals surface area contributed by atoms with Gasteiger partial charge in [0.15, 0.2) is 5.78 Å². The van der Waals surface area contributed by atoms with E-state index in [1.807, 2.05) is 60.7 Å². The second kappa shape index (κ2) is 10.2. The van der Waals surface area contributed by atoms with Gasteiger partial charge in [0.2, 0.25) is 0 Å². The van der Waals surface area contributed by atoms with Crippen LogP contribution in [0.2, 0.25) is 0 Å². The number of Topliss-reactive ketones (excluding diaryl/α,β-unsaturated/α-hetero) is 1. The maximum absolute atomic E-state index is 13.2. The van der Waals surface area contributed by atoms with Crippen LogP contribution in [-0.4, -0.2) is 49.9 Å². The largest absolute Gasteiger partial charge is 0.466 e. The smallest absolute Gasteiger partial charge is 0.354 e. The Hall–Kier alpha value is -3.93. The van der Waals surface area contributed by atoms with Crippen LogP contribution in [0.3, 0.4) is 0 Å². The van der Waals surface area contributed by atoms with Gasteiger partial charge in [-0.1, -0.05) is 60.7 Å². The number of nitrogens with zero attached hydrogens (tertiary/aromatic N) is 1. The van der Waals surface area contributed by atoms with Crippen LogP contribution in [0.4, 0.5) is 0 Å². The van der Waals surface area contributed by atoms with E-state index in [0.717, 1.165) is 17.2 Å². The minimum atomic E-state index is -0.683. The quantitative estimate of drug-likeness (QED) is 0.549. The SMILES string of the molecule is COC(=O)/C=C(/C(=O)OC)N1C/C(=C\c2ccccc2)C(=O)/C(=C/c2ccccc2)C1. The average Bonchev–Trinajstić information content (AvgIpc) is 2.80. The fraction of sp³-hybridized carbons (Fsp3) is 0.160. The first kappa shape index (κ1) is 21.8. The van der Waals surface area contributed by atoms with Gasteiger partial charge in [-0.05, 0) is 23.3 Å². The van der Waals surface area contributed by atoms with Crippen molar-refractivity contribution in [3.8, 4) is 0 Å². The number of likely N-dealkylation sites (tertiary alicyclic amines) is 1. The molecule has 0 aliphatic carbocycles. The maximum Gasteiger partial charge on any atom is 0.354 e. The molecular formula is C25H23NO5. The van der Waals surface area contributed by atoms with Crippen LogP contribution in [0.25, 0.3) is 12.2 Å². The predicted molar refractivity (Wildman–Crippen MR) is 118 cm³/mol. The second-order valence-electron chi connectivity index (χ2n) is 6.89. The van der Waals surface area contributed by atoms with Crippen molar-refractivity contribution in [3.05, 3.63) is 94.7 Å². The molecule has 1 aliphatic heterocycles. The van der Waals surface area contributed by atoms with Gasteiger partial charge >= 0.3 is 11.9 Å². The van der Waals surface area contributed by atoms with Crippen molar-refractivity contribution in [1.82, 2.24) is 4.90 Å². The molecule has 0 unspecified atom stereocenters. The fourth-order valence-corrected chi connectivity index (χ4v) is 3.27. The molecule has 6 nitrogen and oxygen atoms in total. The number of carbonyl (C=O) groups excluding carboxylic acids is 3. The number of methoxy groups -OCH3 is 2. The lowest BCUT2D eigenvalue weighted by molar-refractivity contribution is -0.140. The van der Waals surface area contributed by atoms with Crippen LogP contribution in [0.15, 0.2) is 83.6 Å². The minimum Gasteiger partial charge on any atom is -0.466 e. The highest BCUT2D eigenvalue weighted by atomic mass is 16.5. The summed E-state index contributed by atoms with van der Waals surface area (Å²) in [5.41, 5.74) is 2.75. The summed E-state index contributed by atoms with van der Waals surface area (Å²) in [6.07, 6.45) is 4.67. The third-order valence-corrected chi connectivity index (χ3v) is 4.78. The van der Waals surface area contributed by atoms with Crippen molar-refractivity contribution in [2.24, 2.45) is 0 Å². The van der Waals surface area contributed by atoms with Gasteiger partial charge in [0.25, 0.3) is 0 Å². The number of benzene rings is 2. The molecule has 158 valence electrons. The van der Waals surface area contributed by atoms with Gasteiger partial charge in [-0.2, -0.15) is 0 Å². The first-order chi connectivity index (χ1) is 15.0. The normalized spacial score (nSPS) is 17.0. The zero-order chi connectivity index (χ0) is 22.2. The van der Waals surface area contributed by atoms with E-state index in [1.54, 1.807) is 17.1 Å². The molecule has 1 aliphatic rings. The number of hydrogen-bond acceptors (Lipinski definition) is 6. The highest BCUT2D eigenvalue weighted by molar-refractivity contribution is 6.15. The van der Waals surface area contributed by atoms with Crippen molar-refractivity contribution in [2.45, 2.75) is 0 Å². The van der Waals surface area contributed by atoms with E-state index >= 15 is 0 Å².